The van der Waals surface area contributed by atoms with Gasteiger partial charge in [-0.05, 0) is 55.0 Å². The molecule has 1 aliphatic heterocycles. The molecule has 0 fully saturated rings. The topological polar surface area (TPSA) is 85.5 Å². The number of anilines is 1. The number of amides is 1. The Hall–Kier alpha value is -3.13. The van der Waals surface area contributed by atoms with E-state index in [9.17, 15) is 9.59 Å². The summed E-state index contributed by atoms with van der Waals surface area (Å²) >= 11 is 1.19. The minimum atomic E-state index is -0.0550. The molecule has 3 aromatic rings. The summed E-state index contributed by atoms with van der Waals surface area (Å²) in [7, 11) is 1.74. The third kappa shape index (κ3) is 4.02. The highest BCUT2D eigenvalue weighted by atomic mass is 32.2. The fourth-order valence-electron chi connectivity index (χ4n) is 3.10. The average molecular weight is 409 g/mol. The highest BCUT2D eigenvalue weighted by Crippen LogP contribution is 2.29. The molecule has 0 N–H and O–H groups in total. The summed E-state index contributed by atoms with van der Waals surface area (Å²) in [4.78, 5) is 25.9. The van der Waals surface area contributed by atoms with E-state index in [1.165, 1.54) is 11.8 Å². The molecule has 2 aromatic carbocycles. The summed E-state index contributed by atoms with van der Waals surface area (Å²) in [6.07, 6.45) is 0.329. The molecule has 148 valence electrons. The van der Waals surface area contributed by atoms with Crippen molar-refractivity contribution in [1.82, 2.24) is 10.2 Å². The van der Waals surface area contributed by atoms with Crippen molar-refractivity contribution in [3.05, 3.63) is 53.6 Å². The number of carbonyl (C=O) groups excluding carboxylic acids is 2. The van der Waals surface area contributed by atoms with Crippen LogP contribution in [0.15, 0.2) is 52.1 Å². The predicted octanol–water partition coefficient (Wildman–Crippen LogP) is 3.63. The normalized spacial score (nSPS) is 12.9. The maximum atomic E-state index is 12.5. The van der Waals surface area contributed by atoms with Crippen molar-refractivity contribution < 1.29 is 18.7 Å². The molecule has 7 nitrogen and oxygen atoms in total. The number of fused-ring (bicyclic) bond motifs is 1. The van der Waals surface area contributed by atoms with Gasteiger partial charge in [-0.25, -0.2) is 0 Å². The number of rotatable bonds is 7. The van der Waals surface area contributed by atoms with E-state index in [1.807, 2.05) is 37.3 Å². The molecule has 8 heteroatoms. The van der Waals surface area contributed by atoms with Crippen molar-refractivity contribution in [3.63, 3.8) is 0 Å². The molecule has 1 aliphatic rings. The lowest BCUT2D eigenvalue weighted by molar-refractivity contribution is -0.117. The van der Waals surface area contributed by atoms with Crippen LogP contribution in [-0.2, 0) is 11.2 Å². The van der Waals surface area contributed by atoms with Crippen LogP contribution in [0.2, 0.25) is 0 Å². The number of carbonyl (C=O) groups is 2. The summed E-state index contributed by atoms with van der Waals surface area (Å²) in [6, 6.07) is 12.7. The maximum absolute atomic E-state index is 12.5. The fraction of sp³-hybridized carbons (Fsp3) is 0.238. The number of ketones is 1. The Morgan fingerprint density at radius 2 is 2.00 bits per heavy atom. The molecular formula is C21H19N3O4S. The lowest BCUT2D eigenvalue weighted by Gasteiger charge is -2.10. The van der Waals surface area contributed by atoms with Crippen LogP contribution < -0.4 is 9.64 Å². The van der Waals surface area contributed by atoms with Gasteiger partial charge in [0.15, 0.2) is 5.78 Å². The minimum Gasteiger partial charge on any atom is -0.494 e. The summed E-state index contributed by atoms with van der Waals surface area (Å²) in [5.74, 6) is 1.32. The van der Waals surface area contributed by atoms with Crippen molar-refractivity contribution in [1.29, 1.82) is 0 Å². The van der Waals surface area contributed by atoms with Crippen molar-refractivity contribution >= 4 is 29.1 Å². The maximum Gasteiger partial charge on any atom is 0.277 e. The second-order valence-corrected chi connectivity index (χ2v) is 7.44. The van der Waals surface area contributed by atoms with Crippen LogP contribution in [0.5, 0.6) is 5.75 Å². The molecule has 29 heavy (non-hydrogen) atoms. The van der Waals surface area contributed by atoms with Crippen LogP contribution >= 0.6 is 11.8 Å². The molecule has 1 aromatic heterocycles. The van der Waals surface area contributed by atoms with Crippen LogP contribution in [0.4, 0.5) is 5.69 Å². The zero-order chi connectivity index (χ0) is 20.4. The standard InChI is InChI=1S/C21H19N3O4S/c1-3-27-16-7-4-13(5-8-16)20-22-23-21(28-20)29-12-18(25)14-6-9-17-15(10-14)11-19(26)24(17)2/h4-10H,3,11-12H2,1-2H3. The Morgan fingerprint density at radius 3 is 2.76 bits per heavy atom. The van der Waals surface area contributed by atoms with Crippen LogP contribution in [0.1, 0.15) is 22.8 Å². The van der Waals surface area contributed by atoms with Crippen molar-refractivity contribution in [2.75, 3.05) is 24.3 Å². The number of thioether (sulfide) groups is 1. The van der Waals surface area contributed by atoms with E-state index in [0.717, 1.165) is 22.6 Å². The number of benzene rings is 2. The second-order valence-electron chi connectivity index (χ2n) is 6.52. The Labute approximate surface area is 172 Å². The molecule has 0 spiro atoms. The van der Waals surface area contributed by atoms with Gasteiger partial charge in [0.1, 0.15) is 5.75 Å². The first kappa shape index (κ1) is 19.2. The van der Waals surface area contributed by atoms with E-state index < -0.39 is 0 Å². The molecule has 0 saturated carbocycles. The molecule has 0 unspecified atom stereocenters. The Balaban J connectivity index is 1.39. The van der Waals surface area contributed by atoms with Gasteiger partial charge in [-0.2, -0.15) is 0 Å². The van der Waals surface area contributed by atoms with Gasteiger partial charge in [0, 0.05) is 23.9 Å². The zero-order valence-electron chi connectivity index (χ0n) is 16.0. The summed E-state index contributed by atoms with van der Waals surface area (Å²) in [5, 5.41) is 8.38. The van der Waals surface area contributed by atoms with Crippen LogP contribution in [0.3, 0.4) is 0 Å². The monoisotopic (exact) mass is 409 g/mol. The molecule has 2 heterocycles. The highest BCUT2D eigenvalue weighted by Gasteiger charge is 2.24. The van der Waals surface area contributed by atoms with E-state index in [4.69, 9.17) is 9.15 Å². The quantitative estimate of drug-likeness (QED) is 0.435. The number of aromatic nitrogens is 2. The molecule has 0 atom stereocenters. The zero-order valence-corrected chi connectivity index (χ0v) is 16.9. The molecule has 0 bridgehead atoms. The second kappa shape index (κ2) is 8.08. The van der Waals surface area contributed by atoms with Crippen LogP contribution in [0.25, 0.3) is 11.5 Å². The van der Waals surface area contributed by atoms with Gasteiger partial charge in [0.25, 0.3) is 5.22 Å². The Kier molecular flexibility index (Phi) is 5.35. The number of Topliss-reactive ketones (excluding diaryl/α,β-unsaturated/α-hetero) is 1. The Bertz CT molecular complexity index is 1060. The lowest BCUT2D eigenvalue weighted by atomic mass is 10.1. The minimum absolute atomic E-state index is 0.0339. The first-order chi connectivity index (χ1) is 14.0. The van der Waals surface area contributed by atoms with Crippen molar-refractivity contribution in [2.24, 2.45) is 0 Å². The van der Waals surface area contributed by atoms with Crippen molar-refractivity contribution in [2.45, 2.75) is 18.6 Å². The van der Waals surface area contributed by atoms with Crippen LogP contribution in [-0.4, -0.2) is 41.3 Å². The first-order valence-corrected chi connectivity index (χ1v) is 10.2. The van der Waals surface area contributed by atoms with Gasteiger partial charge in [-0.15, -0.1) is 10.2 Å². The molecule has 4 rings (SSSR count). The van der Waals surface area contributed by atoms with Gasteiger partial charge in [-0.1, -0.05) is 11.8 Å². The smallest absolute Gasteiger partial charge is 0.277 e. The van der Waals surface area contributed by atoms with Gasteiger partial charge in [0.05, 0.1) is 18.8 Å². The largest absolute Gasteiger partial charge is 0.494 e. The SMILES string of the molecule is CCOc1ccc(-c2nnc(SCC(=O)c3ccc4c(c3)CC(=O)N4C)o2)cc1. The van der Waals surface area contributed by atoms with E-state index in [0.29, 0.717) is 29.7 Å². The molecule has 1 amide bonds. The first-order valence-electron chi connectivity index (χ1n) is 9.17. The fourth-order valence-corrected chi connectivity index (χ4v) is 3.76. The molecule has 0 saturated heterocycles. The van der Waals surface area contributed by atoms with Crippen molar-refractivity contribution in [3.8, 4) is 17.2 Å². The predicted molar refractivity (Wildman–Crippen MR) is 110 cm³/mol. The number of hydrogen-bond donors (Lipinski definition) is 0. The van der Waals surface area contributed by atoms with E-state index >= 15 is 0 Å². The highest BCUT2D eigenvalue weighted by molar-refractivity contribution is 7.99. The van der Waals surface area contributed by atoms with Gasteiger partial charge in [0.2, 0.25) is 11.8 Å². The van der Waals surface area contributed by atoms with Gasteiger partial charge in [-0.3, -0.25) is 9.59 Å². The number of ether oxygens (including phenoxy) is 1. The molecule has 0 radical (unpaired) electrons. The third-order valence-electron chi connectivity index (χ3n) is 4.62. The average Bonchev–Trinajstić information content (AvgIpc) is 3.31. The number of nitrogens with zero attached hydrogens (tertiary/aromatic N) is 3. The van der Waals surface area contributed by atoms with E-state index in [-0.39, 0.29) is 17.4 Å². The number of likely N-dealkylation sites (N-methyl/N-ethyl adjacent to an activating group) is 1. The number of hydrogen-bond acceptors (Lipinski definition) is 7. The third-order valence-corrected chi connectivity index (χ3v) is 5.44. The molecule has 0 aliphatic carbocycles. The van der Waals surface area contributed by atoms with E-state index in [1.54, 1.807) is 24.1 Å². The Morgan fingerprint density at radius 1 is 1.21 bits per heavy atom. The van der Waals surface area contributed by atoms with Gasteiger partial charge >= 0.3 is 0 Å². The lowest BCUT2D eigenvalue weighted by Crippen LogP contribution is -2.20. The van der Waals surface area contributed by atoms with Crippen LogP contribution in [0, 0.1) is 0 Å². The summed E-state index contributed by atoms with van der Waals surface area (Å²) < 4.78 is 11.1. The van der Waals surface area contributed by atoms with Gasteiger partial charge < -0.3 is 14.1 Å². The molecular weight excluding hydrogens is 390 g/mol. The summed E-state index contributed by atoms with van der Waals surface area (Å²) in [5.41, 5.74) is 3.09. The van der Waals surface area contributed by atoms with E-state index in [2.05, 4.69) is 10.2 Å². The summed E-state index contributed by atoms with van der Waals surface area (Å²) in [6.45, 7) is 2.53.